The van der Waals surface area contributed by atoms with E-state index >= 15 is 0 Å². The summed E-state index contributed by atoms with van der Waals surface area (Å²) < 4.78 is 9.98. The van der Waals surface area contributed by atoms with Gasteiger partial charge in [0.2, 0.25) is 0 Å². The van der Waals surface area contributed by atoms with Gasteiger partial charge in [-0.25, -0.2) is 9.59 Å². The Hall–Kier alpha value is -2.98. The van der Waals surface area contributed by atoms with Crippen molar-refractivity contribution in [3.63, 3.8) is 0 Å². The van der Waals surface area contributed by atoms with Crippen LogP contribution in [0.4, 0.5) is 10.7 Å². The zero-order valence-corrected chi connectivity index (χ0v) is 17.3. The molecule has 1 aromatic heterocycles. The van der Waals surface area contributed by atoms with Crippen molar-refractivity contribution in [2.75, 3.05) is 18.5 Å². The minimum Gasteiger partial charge on any atom is -0.462 e. The van der Waals surface area contributed by atoms with Crippen molar-refractivity contribution in [1.82, 2.24) is 0 Å². The van der Waals surface area contributed by atoms with Crippen LogP contribution in [0.25, 0.3) is 0 Å². The number of hydrogen-bond donors (Lipinski definition) is 1. The molecule has 1 N–H and O–H groups in total. The summed E-state index contributed by atoms with van der Waals surface area (Å²) in [4.78, 5) is 47.9. The van der Waals surface area contributed by atoms with Crippen LogP contribution in [0.3, 0.4) is 0 Å². The minimum absolute atomic E-state index is 0.0158. The molecule has 154 valence electrons. The smallest absolute Gasteiger partial charge is 0.348 e. The van der Waals surface area contributed by atoms with Gasteiger partial charge in [0.05, 0.1) is 23.7 Å². The molecule has 0 bridgehead atoms. The number of nitro benzene ring substituents is 1. The van der Waals surface area contributed by atoms with Gasteiger partial charge in [0.15, 0.2) is 0 Å². The second kappa shape index (κ2) is 9.48. The number of hydrogen-bond acceptors (Lipinski definition) is 8. The molecule has 0 fully saturated rings. The van der Waals surface area contributed by atoms with Gasteiger partial charge in [0, 0.05) is 11.1 Å². The molecule has 0 radical (unpaired) electrons. The number of nitro groups is 1. The average molecular weight is 441 g/mol. The topological polar surface area (TPSA) is 125 Å². The van der Waals surface area contributed by atoms with Crippen LogP contribution in [0.5, 0.6) is 0 Å². The molecule has 0 aliphatic rings. The number of halogens is 1. The first-order valence-corrected chi connectivity index (χ1v) is 9.63. The number of carbonyl (C=O) groups is 3. The largest absolute Gasteiger partial charge is 0.462 e. The molecule has 0 unspecified atom stereocenters. The third kappa shape index (κ3) is 4.90. The van der Waals surface area contributed by atoms with E-state index in [9.17, 15) is 24.5 Å². The van der Waals surface area contributed by atoms with Crippen LogP contribution in [0.2, 0.25) is 5.02 Å². The van der Waals surface area contributed by atoms with Gasteiger partial charge in [-0.2, -0.15) is 0 Å². The van der Waals surface area contributed by atoms with Crippen molar-refractivity contribution >= 4 is 51.5 Å². The molecule has 9 nitrogen and oxygen atoms in total. The quantitative estimate of drug-likeness (QED) is 0.388. The lowest BCUT2D eigenvalue weighted by Gasteiger charge is -2.08. The van der Waals surface area contributed by atoms with Crippen molar-refractivity contribution in [3.8, 4) is 0 Å². The number of benzene rings is 1. The third-order valence-corrected chi connectivity index (χ3v) is 5.14. The van der Waals surface area contributed by atoms with E-state index in [0.717, 1.165) is 23.5 Å². The second-order valence-corrected chi connectivity index (χ2v) is 7.03. The molecule has 2 rings (SSSR count). The van der Waals surface area contributed by atoms with E-state index in [0.29, 0.717) is 0 Å². The summed E-state index contributed by atoms with van der Waals surface area (Å²) in [7, 11) is 0. The normalized spacial score (nSPS) is 10.3. The molecule has 0 aliphatic carbocycles. The van der Waals surface area contributed by atoms with Gasteiger partial charge in [0.25, 0.3) is 11.6 Å². The maximum atomic E-state index is 12.7. The Kier molecular flexibility index (Phi) is 7.29. The van der Waals surface area contributed by atoms with E-state index in [4.69, 9.17) is 21.1 Å². The highest BCUT2D eigenvalue weighted by atomic mass is 35.5. The van der Waals surface area contributed by atoms with Crippen molar-refractivity contribution in [2.45, 2.75) is 20.8 Å². The van der Waals surface area contributed by atoms with Crippen LogP contribution < -0.4 is 5.32 Å². The fourth-order valence-electron chi connectivity index (χ4n) is 2.46. The fraction of sp³-hybridized carbons (Fsp3) is 0.278. The average Bonchev–Trinajstić information content (AvgIpc) is 2.97. The summed E-state index contributed by atoms with van der Waals surface area (Å²) in [5.74, 6) is -2.26. The first-order chi connectivity index (χ1) is 13.7. The molecule has 0 saturated carbocycles. The number of anilines is 1. The van der Waals surface area contributed by atoms with E-state index in [1.807, 2.05) is 0 Å². The Morgan fingerprint density at radius 1 is 1.17 bits per heavy atom. The summed E-state index contributed by atoms with van der Waals surface area (Å²) in [6.07, 6.45) is 0. The minimum atomic E-state index is -0.860. The van der Waals surface area contributed by atoms with Crippen LogP contribution in [-0.2, 0) is 9.47 Å². The monoisotopic (exact) mass is 440 g/mol. The van der Waals surface area contributed by atoms with E-state index in [1.54, 1.807) is 13.8 Å². The van der Waals surface area contributed by atoms with E-state index in [-0.39, 0.29) is 44.8 Å². The molecule has 29 heavy (non-hydrogen) atoms. The highest BCUT2D eigenvalue weighted by Gasteiger charge is 2.29. The number of carbonyl (C=O) groups excluding carboxylic acids is 3. The number of amides is 1. The van der Waals surface area contributed by atoms with Crippen molar-refractivity contribution in [2.24, 2.45) is 0 Å². The van der Waals surface area contributed by atoms with Gasteiger partial charge in [-0.05, 0) is 38.5 Å². The number of nitrogens with zero attached hydrogens (tertiary/aromatic N) is 1. The Balaban J connectivity index is 2.51. The number of thiophene rings is 1. The number of esters is 2. The highest BCUT2D eigenvalue weighted by molar-refractivity contribution is 7.18. The first kappa shape index (κ1) is 22.3. The molecule has 1 aromatic carbocycles. The predicted molar refractivity (Wildman–Crippen MR) is 107 cm³/mol. The van der Waals surface area contributed by atoms with Gasteiger partial charge in [0.1, 0.15) is 15.4 Å². The lowest BCUT2D eigenvalue weighted by molar-refractivity contribution is -0.385. The zero-order chi connectivity index (χ0) is 21.7. The SMILES string of the molecule is CCOC(=O)c1sc(NC(=O)c2cc(Cl)ccc2[N+](=O)[O-])c(C(=O)OCC)c1C. The second-order valence-electron chi connectivity index (χ2n) is 5.57. The van der Waals surface area contributed by atoms with E-state index in [2.05, 4.69) is 5.32 Å². The van der Waals surface area contributed by atoms with Crippen LogP contribution in [-0.4, -0.2) is 36.0 Å². The van der Waals surface area contributed by atoms with Crippen LogP contribution in [0.1, 0.15) is 49.8 Å². The number of ether oxygens (including phenoxy) is 2. The summed E-state index contributed by atoms with van der Waals surface area (Å²) in [6, 6.07) is 3.54. The summed E-state index contributed by atoms with van der Waals surface area (Å²) in [5, 5.41) is 13.8. The van der Waals surface area contributed by atoms with E-state index < -0.39 is 28.5 Å². The lowest BCUT2D eigenvalue weighted by atomic mass is 10.1. The van der Waals surface area contributed by atoms with Crippen LogP contribution in [0.15, 0.2) is 18.2 Å². The zero-order valence-electron chi connectivity index (χ0n) is 15.7. The van der Waals surface area contributed by atoms with Gasteiger partial charge < -0.3 is 14.8 Å². The van der Waals surface area contributed by atoms with Crippen molar-refractivity contribution in [1.29, 1.82) is 0 Å². The first-order valence-electron chi connectivity index (χ1n) is 8.44. The molecule has 0 atom stereocenters. The molecule has 0 aliphatic heterocycles. The van der Waals surface area contributed by atoms with Gasteiger partial charge >= 0.3 is 11.9 Å². The molecule has 0 spiro atoms. The van der Waals surface area contributed by atoms with Crippen molar-refractivity contribution in [3.05, 3.63) is 54.9 Å². The van der Waals surface area contributed by atoms with Crippen molar-refractivity contribution < 1.29 is 28.8 Å². The maximum absolute atomic E-state index is 12.7. The maximum Gasteiger partial charge on any atom is 0.348 e. The van der Waals surface area contributed by atoms with Crippen LogP contribution in [0, 0.1) is 17.0 Å². The van der Waals surface area contributed by atoms with Crippen LogP contribution >= 0.6 is 22.9 Å². The number of nitrogens with one attached hydrogen (secondary N) is 1. The van der Waals surface area contributed by atoms with Gasteiger partial charge in [-0.1, -0.05) is 11.6 Å². The van der Waals surface area contributed by atoms with Gasteiger partial charge in [-0.3, -0.25) is 14.9 Å². The molecular weight excluding hydrogens is 424 g/mol. The molecule has 11 heteroatoms. The predicted octanol–water partition coefficient (Wildman–Crippen LogP) is 4.22. The molecule has 1 heterocycles. The van der Waals surface area contributed by atoms with E-state index in [1.165, 1.54) is 13.0 Å². The van der Waals surface area contributed by atoms with Gasteiger partial charge in [-0.15, -0.1) is 11.3 Å². The Morgan fingerprint density at radius 3 is 2.38 bits per heavy atom. The molecule has 2 aromatic rings. The highest BCUT2D eigenvalue weighted by Crippen LogP contribution is 2.35. The molecule has 1 amide bonds. The summed E-state index contributed by atoms with van der Waals surface area (Å²) in [5.41, 5.74) is -0.481. The Morgan fingerprint density at radius 2 is 1.79 bits per heavy atom. The Bertz CT molecular complexity index is 987. The summed E-state index contributed by atoms with van der Waals surface area (Å²) >= 11 is 6.68. The molecular formula is C18H17ClN2O7S. The third-order valence-electron chi connectivity index (χ3n) is 3.71. The lowest BCUT2D eigenvalue weighted by Crippen LogP contribution is -2.16. The number of rotatable bonds is 7. The molecule has 0 saturated heterocycles. The Labute approximate surface area is 174 Å². The fourth-order valence-corrected chi connectivity index (χ4v) is 3.72. The standard InChI is InChI=1S/C18H17ClN2O7S/c1-4-27-17(23)13-9(3)14(18(24)28-5-2)29-16(13)20-15(22)11-8-10(19)6-7-12(11)21(25)26/h6-8H,4-5H2,1-3H3,(H,20,22). The summed E-state index contributed by atoms with van der Waals surface area (Å²) in [6.45, 7) is 4.97.